The monoisotopic (exact) mass is 314 g/mol. The lowest BCUT2D eigenvalue weighted by Crippen LogP contribution is -2.41. The van der Waals surface area contributed by atoms with Crippen LogP contribution in [0.3, 0.4) is 0 Å². The summed E-state index contributed by atoms with van der Waals surface area (Å²) in [5.74, 6) is 0.0987. The Hall–Kier alpha value is -1.93. The third-order valence-electron chi connectivity index (χ3n) is 3.03. The summed E-state index contributed by atoms with van der Waals surface area (Å²) in [4.78, 5) is 27.8. The van der Waals surface area contributed by atoms with Crippen LogP contribution in [0.5, 0.6) is 0 Å². The van der Waals surface area contributed by atoms with Crippen molar-refractivity contribution in [1.29, 1.82) is 0 Å². The van der Waals surface area contributed by atoms with Gasteiger partial charge in [-0.05, 0) is 0 Å². The summed E-state index contributed by atoms with van der Waals surface area (Å²) >= 11 is 5.68. The molecule has 8 nitrogen and oxygen atoms in total. The molecule has 114 valence electrons. The number of amides is 1. The lowest BCUT2D eigenvalue weighted by molar-refractivity contribution is -0.384. The van der Waals surface area contributed by atoms with Gasteiger partial charge in [-0.3, -0.25) is 14.9 Å². The molecule has 1 aliphatic heterocycles. The molecular weight excluding hydrogens is 300 g/mol. The maximum Gasteiger partial charge on any atom is 0.312 e. The number of hydrogen-bond acceptors (Lipinski definition) is 6. The molecule has 0 spiro atoms. The number of morpholine rings is 1. The van der Waals surface area contributed by atoms with Crippen LogP contribution < -0.4 is 5.32 Å². The number of nitrogens with zero attached hydrogens (tertiary/aromatic N) is 3. The molecule has 0 bridgehead atoms. The van der Waals surface area contributed by atoms with Gasteiger partial charge in [0, 0.05) is 38.3 Å². The number of anilines is 1. The standard InChI is InChI=1S/C12H15ClN4O4/c13-9-7-10(17(19)20)12(15-8-9)14-2-1-11(18)16-3-5-21-6-4-16/h7-8H,1-6H2,(H,14,15). The van der Waals surface area contributed by atoms with Gasteiger partial charge < -0.3 is 15.0 Å². The molecular formula is C12H15ClN4O4. The molecule has 9 heteroatoms. The number of carbonyl (C=O) groups excluding carboxylic acids is 1. The predicted molar refractivity (Wildman–Crippen MR) is 76.4 cm³/mol. The van der Waals surface area contributed by atoms with Gasteiger partial charge >= 0.3 is 5.69 Å². The fourth-order valence-electron chi connectivity index (χ4n) is 1.96. The summed E-state index contributed by atoms with van der Waals surface area (Å²) < 4.78 is 5.17. The van der Waals surface area contributed by atoms with E-state index in [2.05, 4.69) is 10.3 Å². The lowest BCUT2D eigenvalue weighted by atomic mass is 10.3. The number of pyridine rings is 1. The van der Waals surface area contributed by atoms with Gasteiger partial charge in [0.05, 0.1) is 23.2 Å². The van der Waals surface area contributed by atoms with Crippen LogP contribution in [-0.4, -0.2) is 53.6 Å². The van der Waals surface area contributed by atoms with E-state index in [0.29, 0.717) is 26.3 Å². The first-order valence-electron chi connectivity index (χ1n) is 6.47. The zero-order valence-corrected chi connectivity index (χ0v) is 12.0. The SMILES string of the molecule is O=C(CCNc1ncc(Cl)cc1[N+](=O)[O-])N1CCOCC1. The van der Waals surface area contributed by atoms with Crippen LogP contribution in [0.25, 0.3) is 0 Å². The highest BCUT2D eigenvalue weighted by Crippen LogP contribution is 2.24. The molecule has 1 saturated heterocycles. The highest BCUT2D eigenvalue weighted by atomic mass is 35.5. The number of carbonyl (C=O) groups is 1. The zero-order chi connectivity index (χ0) is 15.2. The molecule has 0 atom stereocenters. The van der Waals surface area contributed by atoms with Crippen molar-refractivity contribution in [2.24, 2.45) is 0 Å². The second-order valence-corrected chi connectivity index (χ2v) is 4.88. The number of aromatic nitrogens is 1. The van der Waals surface area contributed by atoms with Crippen molar-refractivity contribution < 1.29 is 14.5 Å². The number of ether oxygens (including phenoxy) is 1. The lowest BCUT2D eigenvalue weighted by Gasteiger charge is -2.26. The topological polar surface area (TPSA) is 97.6 Å². The second kappa shape index (κ2) is 7.19. The molecule has 1 aromatic rings. The number of hydrogen-bond donors (Lipinski definition) is 1. The Labute approximate surface area is 126 Å². The molecule has 21 heavy (non-hydrogen) atoms. The molecule has 0 unspecified atom stereocenters. The summed E-state index contributed by atoms with van der Waals surface area (Å²) in [6.45, 7) is 2.52. The van der Waals surface area contributed by atoms with E-state index in [1.807, 2.05) is 0 Å². The first kappa shape index (κ1) is 15.5. The maximum absolute atomic E-state index is 11.9. The molecule has 2 heterocycles. The van der Waals surface area contributed by atoms with Gasteiger partial charge in [-0.2, -0.15) is 0 Å². The fourth-order valence-corrected chi connectivity index (χ4v) is 2.11. The van der Waals surface area contributed by atoms with Crippen LogP contribution in [0.4, 0.5) is 11.5 Å². The Morgan fingerprint density at radius 3 is 2.90 bits per heavy atom. The highest BCUT2D eigenvalue weighted by molar-refractivity contribution is 6.30. The minimum absolute atomic E-state index is 0.0117. The maximum atomic E-state index is 11.9. The zero-order valence-electron chi connectivity index (χ0n) is 11.2. The summed E-state index contributed by atoms with van der Waals surface area (Å²) in [5.41, 5.74) is -0.207. The summed E-state index contributed by atoms with van der Waals surface area (Å²) in [5, 5.41) is 13.9. The first-order valence-corrected chi connectivity index (χ1v) is 6.85. The third kappa shape index (κ3) is 4.27. The fraction of sp³-hybridized carbons (Fsp3) is 0.500. The van der Waals surface area contributed by atoms with Crippen LogP contribution in [0.15, 0.2) is 12.3 Å². The molecule has 0 radical (unpaired) electrons. The van der Waals surface area contributed by atoms with Gasteiger partial charge in [-0.1, -0.05) is 11.6 Å². The minimum Gasteiger partial charge on any atom is -0.378 e. The van der Waals surface area contributed by atoms with Gasteiger partial charge in [-0.15, -0.1) is 0 Å². The quantitative estimate of drug-likeness (QED) is 0.650. The average molecular weight is 315 g/mol. The first-order chi connectivity index (χ1) is 10.1. The van der Waals surface area contributed by atoms with E-state index in [9.17, 15) is 14.9 Å². The second-order valence-electron chi connectivity index (χ2n) is 4.45. The Morgan fingerprint density at radius 2 is 2.24 bits per heavy atom. The summed E-state index contributed by atoms with van der Waals surface area (Å²) in [7, 11) is 0. The summed E-state index contributed by atoms with van der Waals surface area (Å²) in [6.07, 6.45) is 1.56. The van der Waals surface area contributed by atoms with Gasteiger partial charge in [-0.25, -0.2) is 4.98 Å². The number of nitrogens with one attached hydrogen (secondary N) is 1. The predicted octanol–water partition coefficient (Wildman–Crippen LogP) is 1.30. The van der Waals surface area contributed by atoms with Crippen LogP contribution in [0.1, 0.15) is 6.42 Å². The average Bonchev–Trinajstić information content (AvgIpc) is 2.49. The smallest absolute Gasteiger partial charge is 0.312 e. The molecule has 0 aromatic carbocycles. The van der Waals surface area contributed by atoms with Gasteiger partial charge in [0.2, 0.25) is 11.7 Å². The normalized spacial score (nSPS) is 14.8. The highest BCUT2D eigenvalue weighted by Gasteiger charge is 2.18. The molecule has 1 aliphatic rings. The van der Waals surface area contributed by atoms with E-state index in [-0.39, 0.29) is 35.4 Å². The van der Waals surface area contributed by atoms with Crippen LogP contribution in [-0.2, 0) is 9.53 Å². The van der Waals surface area contributed by atoms with Gasteiger partial charge in [0.1, 0.15) is 0 Å². The Balaban J connectivity index is 1.88. The van der Waals surface area contributed by atoms with Crippen LogP contribution >= 0.6 is 11.6 Å². The van der Waals surface area contributed by atoms with E-state index in [1.54, 1.807) is 4.90 Å². The van der Waals surface area contributed by atoms with Crippen molar-refractivity contribution in [1.82, 2.24) is 9.88 Å². The van der Waals surface area contributed by atoms with Crippen molar-refractivity contribution in [2.45, 2.75) is 6.42 Å². The van der Waals surface area contributed by atoms with E-state index in [1.165, 1.54) is 12.3 Å². The Morgan fingerprint density at radius 1 is 1.52 bits per heavy atom. The minimum atomic E-state index is -0.564. The Kier molecular flexibility index (Phi) is 5.29. The van der Waals surface area contributed by atoms with Gasteiger partial charge in [0.15, 0.2) is 0 Å². The van der Waals surface area contributed by atoms with Crippen molar-refractivity contribution in [3.8, 4) is 0 Å². The van der Waals surface area contributed by atoms with E-state index in [4.69, 9.17) is 16.3 Å². The van der Waals surface area contributed by atoms with Crippen molar-refractivity contribution in [2.75, 3.05) is 38.2 Å². The Bertz CT molecular complexity index is 534. The third-order valence-corrected chi connectivity index (χ3v) is 3.23. The molecule has 1 N–H and O–H groups in total. The van der Waals surface area contributed by atoms with Crippen molar-refractivity contribution in [3.05, 3.63) is 27.4 Å². The molecule has 0 aliphatic carbocycles. The number of halogens is 1. The summed E-state index contributed by atoms with van der Waals surface area (Å²) in [6, 6.07) is 1.22. The number of nitro groups is 1. The van der Waals surface area contributed by atoms with Gasteiger partial charge in [0.25, 0.3) is 0 Å². The van der Waals surface area contributed by atoms with Crippen LogP contribution in [0.2, 0.25) is 5.02 Å². The van der Waals surface area contributed by atoms with E-state index < -0.39 is 4.92 Å². The molecule has 1 amide bonds. The van der Waals surface area contributed by atoms with Crippen molar-refractivity contribution >= 4 is 29.0 Å². The molecule has 2 rings (SSSR count). The van der Waals surface area contributed by atoms with Crippen LogP contribution in [0, 0.1) is 10.1 Å². The molecule has 1 aromatic heterocycles. The number of rotatable bonds is 5. The van der Waals surface area contributed by atoms with E-state index >= 15 is 0 Å². The largest absolute Gasteiger partial charge is 0.378 e. The molecule has 0 saturated carbocycles. The van der Waals surface area contributed by atoms with E-state index in [0.717, 1.165) is 0 Å². The molecule has 1 fully saturated rings. The van der Waals surface area contributed by atoms with Crippen molar-refractivity contribution in [3.63, 3.8) is 0 Å².